The summed E-state index contributed by atoms with van der Waals surface area (Å²) in [5.74, 6) is -0.742. The van der Waals surface area contributed by atoms with Gasteiger partial charge in [-0.3, -0.25) is 24.0 Å². The van der Waals surface area contributed by atoms with E-state index >= 15 is 0 Å². The van der Waals surface area contributed by atoms with Gasteiger partial charge in [-0.15, -0.1) is 0 Å². The quantitative estimate of drug-likeness (QED) is 0.359. The average Bonchev–Trinajstić information content (AvgIpc) is 3.55. The second-order valence-electron chi connectivity index (χ2n) is 12.4. The van der Waals surface area contributed by atoms with E-state index in [0.717, 1.165) is 19.3 Å². The zero-order valence-corrected chi connectivity index (χ0v) is 26.2. The molecule has 3 aliphatic rings. The fraction of sp³-hybridized carbons (Fsp3) is 0.645. The van der Waals surface area contributed by atoms with E-state index in [0.29, 0.717) is 42.8 Å². The Morgan fingerprint density at radius 3 is 2.53 bits per heavy atom. The first-order chi connectivity index (χ1) is 20.3. The van der Waals surface area contributed by atoms with E-state index in [1.54, 1.807) is 6.92 Å². The van der Waals surface area contributed by atoms with Crippen molar-refractivity contribution in [2.45, 2.75) is 104 Å². The number of carbonyl (C=O) groups excluding carboxylic acids is 5. The highest BCUT2D eigenvalue weighted by Crippen LogP contribution is 2.37. The number of esters is 1. The van der Waals surface area contributed by atoms with E-state index in [1.165, 1.54) is 30.0 Å². The van der Waals surface area contributed by atoms with Crippen LogP contribution in [0.15, 0.2) is 18.2 Å². The Morgan fingerprint density at radius 1 is 1.12 bits per heavy atom. The summed E-state index contributed by atoms with van der Waals surface area (Å²) in [5.41, 5.74) is 0.592. The lowest BCUT2D eigenvalue weighted by atomic mass is 9.75. The van der Waals surface area contributed by atoms with Gasteiger partial charge in [-0.1, -0.05) is 38.8 Å². The van der Waals surface area contributed by atoms with Crippen LogP contribution in [0.1, 0.15) is 83.5 Å². The molecule has 12 heteroatoms. The summed E-state index contributed by atoms with van der Waals surface area (Å²) >= 11 is 6.19. The van der Waals surface area contributed by atoms with Gasteiger partial charge in [0.2, 0.25) is 24.0 Å². The van der Waals surface area contributed by atoms with Gasteiger partial charge in [-0.05, 0) is 68.6 Å². The van der Waals surface area contributed by atoms with Crippen LogP contribution in [0.3, 0.4) is 0 Å². The van der Waals surface area contributed by atoms with Gasteiger partial charge in [0.25, 0.3) is 5.91 Å². The van der Waals surface area contributed by atoms with Crippen molar-refractivity contribution < 1.29 is 33.4 Å². The second kappa shape index (κ2) is 14.1. The number of hydrogen-bond acceptors (Lipinski definition) is 7. The van der Waals surface area contributed by atoms with Gasteiger partial charge in [-0.2, -0.15) is 0 Å². The Labute approximate surface area is 257 Å². The molecule has 43 heavy (non-hydrogen) atoms. The SMILES string of the molecule is CC(=O)Nc1ccc(C(=O)N[C@@H](C)C(=O)N2CCC[C@H]2C(=O)NC2CC(=O)O[C@H]2O[C@H]2C[C@@H](C)CC[C@@H]2C(C)C)cc1Cl. The molecule has 2 aliphatic heterocycles. The summed E-state index contributed by atoms with van der Waals surface area (Å²) in [6.45, 7) is 9.81. The molecule has 3 N–H and O–H groups in total. The van der Waals surface area contributed by atoms with Gasteiger partial charge in [0.15, 0.2) is 0 Å². The number of rotatable bonds is 9. The Hall–Kier alpha value is -3.18. The molecule has 2 saturated heterocycles. The minimum Gasteiger partial charge on any atom is -0.433 e. The van der Waals surface area contributed by atoms with Crippen LogP contribution in [-0.4, -0.2) is 71.6 Å². The molecule has 0 aromatic heterocycles. The van der Waals surface area contributed by atoms with Crippen LogP contribution in [0.25, 0.3) is 0 Å². The molecule has 1 aromatic carbocycles. The normalized spacial score (nSPS) is 27.9. The lowest BCUT2D eigenvalue weighted by Crippen LogP contribution is -2.55. The number of nitrogens with one attached hydrogen (secondary N) is 3. The van der Waals surface area contributed by atoms with E-state index < -0.39 is 42.2 Å². The Morgan fingerprint density at radius 2 is 1.86 bits per heavy atom. The first-order valence-corrected chi connectivity index (χ1v) is 15.6. The lowest BCUT2D eigenvalue weighted by Gasteiger charge is -2.39. The van der Waals surface area contributed by atoms with Crippen LogP contribution in [0.2, 0.25) is 5.02 Å². The summed E-state index contributed by atoms with van der Waals surface area (Å²) < 4.78 is 11.9. The number of nitrogens with zero attached hydrogens (tertiary/aromatic N) is 1. The first-order valence-electron chi connectivity index (χ1n) is 15.2. The average molecular weight is 619 g/mol. The second-order valence-corrected chi connectivity index (χ2v) is 12.8. The van der Waals surface area contributed by atoms with Gasteiger partial charge in [0, 0.05) is 19.0 Å². The van der Waals surface area contributed by atoms with E-state index in [1.807, 2.05) is 0 Å². The van der Waals surface area contributed by atoms with Gasteiger partial charge in [0.1, 0.15) is 18.1 Å². The summed E-state index contributed by atoms with van der Waals surface area (Å²) in [6.07, 6.45) is 3.20. The topological polar surface area (TPSA) is 143 Å². The third kappa shape index (κ3) is 8.06. The van der Waals surface area contributed by atoms with Gasteiger partial charge >= 0.3 is 5.97 Å². The standard InChI is InChI=1S/C31H43ClN4O7/c1-16(2)21-10-8-17(3)13-26(21)42-31-24(15-27(38)43-31)35-29(40)25-7-6-12-36(25)30(41)18(4)33-28(39)20-9-11-23(22(32)14-20)34-19(5)37/h9,11,14,16-18,21,24-26,31H,6-8,10,12-13,15H2,1-5H3,(H,33,39)(H,34,37)(H,35,40)/t17-,18-,21+,24?,25-,26-,31+/m0/s1. The largest absolute Gasteiger partial charge is 0.433 e. The van der Waals surface area contributed by atoms with Gasteiger partial charge < -0.3 is 30.3 Å². The monoisotopic (exact) mass is 618 g/mol. The number of ether oxygens (including phenoxy) is 2. The van der Waals surface area contributed by atoms with Crippen LogP contribution in [0.4, 0.5) is 5.69 Å². The zero-order valence-electron chi connectivity index (χ0n) is 25.5. The Bertz CT molecular complexity index is 1240. The molecule has 1 aliphatic carbocycles. The third-order valence-electron chi connectivity index (χ3n) is 8.66. The molecular formula is C31H43ClN4O7. The lowest BCUT2D eigenvalue weighted by molar-refractivity contribution is -0.191. The number of halogens is 1. The number of benzene rings is 1. The van der Waals surface area contributed by atoms with Crippen molar-refractivity contribution in [3.8, 4) is 0 Å². The highest BCUT2D eigenvalue weighted by Gasteiger charge is 2.44. The molecule has 0 bridgehead atoms. The Kier molecular flexibility index (Phi) is 10.7. The number of likely N-dealkylation sites (tertiary alicyclic amines) is 1. The molecule has 11 nitrogen and oxygen atoms in total. The highest BCUT2D eigenvalue weighted by atomic mass is 35.5. The molecule has 7 atom stereocenters. The summed E-state index contributed by atoms with van der Waals surface area (Å²) in [6, 6.07) is 2.11. The molecule has 1 saturated carbocycles. The minimum absolute atomic E-state index is 0.00143. The molecule has 3 fully saturated rings. The Balaban J connectivity index is 1.36. The summed E-state index contributed by atoms with van der Waals surface area (Å²) in [5, 5.41) is 8.36. The predicted molar refractivity (Wildman–Crippen MR) is 160 cm³/mol. The smallest absolute Gasteiger partial charge is 0.310 e. The van der Waals surface area contributed by atoms with E-state index in [9.17, 15) is 24.0 Å². The molecule has 4 amide bonds. The number of carbonyl (C=O) groups is 5. The van der Waals surface area contributed by atoms with Crippen molar-refractivity contribution in [1.29, 1.82) is 0 Å². The van der Waals surface area contributed by atoms with E-state index in [2.05, 4.69) is 36.7 Å². The van der Waals surface area contributed by atoms with E-state index in [4.69, 9.17) is 21.1 Å². The summed E-state index contributed by atoms with van der Waals surface area (Å²) in [7, 11) is 0. The van der Waals surface area contributed by atoms with Crippen LogP contribution in [-0.2, 0) is 28.7 Å². The van der Waals surface area contributed by atoms with Crippen molar-refractivity contribution in [2.75, 3.05) is 11.9 Å². The van der Waals surface area contributed by atoms with E-state index in [-0.39, 0.29) is 34.9 Å². The zero-order chi connectivity index (χ0) is 31.4. The fourth-order valence-corrected chi connectivity index (χ4v) is 6.57. The fourth-order valence-electron chi connectivity index (χ4n) is 6.34. The molecule has 0 radical (unpaired) electrons. The molecule has 1 unspecified atom stereocenters. The van der Waals surface area contributed by atoms with Crippen LogP contribution >= 0.6 is 11.6 Å². The predicted octanol–water partition coefficient (Wildman–Crippen LogP) is 3.64. The van der Waals surface area contributed by atoms with Crippen LogP contribution < -0.4 is 16.0 Å². The molecule has 2 heterocycles. The maximum absolute atomic E-state index is 13.4. The summed E-state index contributed by atoms with van der Waals surface area (Å²) in [4.78, 5) is 64.7. The minimum atomic E-state index is -0.913. The number of anilines is 1. The number of hydrogen-bond donors (Lipinski definition) is 3. The first kappa shape index (κ1) is 32.7. The number of cyclic esters (lactones) is 1. The van der Waals surface area contributed by atoms with Crippen molar-refractivity contribution in [3.63, 3.8) is 0 Å². The van der Waals surface area contributed by atoms with Crippen LogP contribution in [0.5, 0.6) is 0 Å². The molecule has 0 spiro atoms. The van der Waals surface area contributed by atoms with Crippen molar-refractivity contribution >= 4 is 46.9 Å². The van der Waals surface area contributed by atoms with Crippen molar-refractivity contribution in [1.82, 2.24) is 15.5 Å². The molecule has 1 aromatic rings. The molecule has 4 rings (SSSR count). The molecular weight excluding hydrogens is 576 g/mol. The maximum Gasteiger partial charge on any atom is 0.310 e. The highest BCUT2D eigenvalue weighted by molar-refractivity contribution is 6.34. The molecule has 236 valence electrons. The number of amides is 4. The van der Waals surface area contributed by atoms with Gasteiger partial charge in [0.05, 0.1) is 23.2 Å². The van der Waals surface area contributed by atoms with Crippen LogP contribution in [0, 0.1) is 17.8 Å². The van der Waals surface area contributed by atoms with Gasteiger partial charge in [-0.25, -0.2) is 0 Å². The van der Waals surface area contributed by atoms with Crippen molar-refractivity contribution in [2.24, 2.45) is 17.8 Å². The van der Waals surface area contributed by atoms with Crippen molar-refractivity contribution in [3.05, 3.63) is 28.8 Å². The third-order valence-corrected chi connectivity index (χ3v) is 8.97. The maximum atomic E-state index is 13.4.